The molecule has 0 radical (unpaired) electrons. The van der Waals surface area contributed by atoms with Crippen molar-refractivity contribution in [1.29, 1.82) is 0 Å². The lowest BCUT2D eigenvalue weighted by Gasteiger charge is -2.13. The molecule has 21 heavy (non-hydrogen) atoms. The fourth-order valence-corrected chi connectivity index (χ4v) is 1.67. The Morgan fingerprint density at radius 2 is 1.76 bits per heavy atom. The van der Waals surface area contributed by atoms with Crippen LogP contribution in [0.3, 0.4) is 0 Å². The maximum atomic E-state index is 9.83. The van der Waals surface area contributed by atoms with Gasteiger partial charge in [-0.15, -0.1) is 5.10 Å². The van der Waals surface area contributed by atoms with Crippen LogP contribution in [0.15, 0.2) is 30.3 Å². The van der Waals surface area contributed by atoms with Crippen molar-refractivity contribution in [3.63, 3.8) is 0 Å². The maximum absolute atomic E-state index is 9.83. The molecule has 0 bridgehead atoms. The monoisotopic (exact) mass is 308 g/mol. The Morgan fingerprint density at radius 3 is 2.43 bits per heavy atom. The molecular formula is C15H17ClN2O3. The summed E-state index contributed by atoms with van der Waals surface area (Å²) in [7, 11) is 0. The van der Waals surface area contributed by atoms with Crippen molar-refractivity contribution in [2.45, 2.75) is 20.0 Å². The van der Waals surface area contributed by atoms with Crippen LogP contribution in [0.1, 0.15) is 11.3 Å². The van der Waals surface area contributed by atoms with Crippen LogP contribution in [0.25, 0.3) is 0 Å². The lowest BCUT2D eigenvalue weighted by atomic mass is 10.2. The summed E-state index contributed by atoms with van der Waals surface area (Å²) in [5.74, 6) is 1.04. The predicted molar refractivity (Wildman–Crippen MR) is 80.0 cm³/mol. The molecule has 0 aliphatic carbocycles. The van der Waals surface area contributed by atoms with Gasteiger partial charge in [0.05, 0.1) is 5.69 Å². The third-order valence-electron chi connectivity index (χ3n) is 2.89. The van der Waals surface area contributed by atoms with E-state index in [0.29, 0.717) is 16.7 Å². The van der Waals surface area contributed by atoms with Crippen LogP contribution in [-0.4, -0.2) is 34.6 Å². The minimum atomic E-state index is -0.760. The zero-order valence-corrected chi connectivity index (χ0v) is 12.7. The Bertz CT molecular complexity index is 590. The molecule has 0 saturated carbocycles. The lowest BCUT2D eigenvalue weighted by Crippen LogP contribution is -2.25. The fourth-order valence-electron chi connectivity index (χ4n) is 1.55. The molecule has 0 fully saturated rings. The van der Waals surface area contributed by atoms with Gasteiger partial charge in [0.15, 0.2) is 0 Å². The van der Waals surface area contributed by atoms with Gasteiger partial charge in [-0.1, -0.05) is 11.6 Å². The molecule has 0 saturated heterocycles. The van der Waals surface area contributed by atoms with Gasteiger partial charge >= 0.3 is 0 Å². The first kappa shape index (κ1) is 15.5. The van der Waals surface area contributed by atoms with Crippen molar-refractivity contribution in [3.8, 4) is 11.6 Å². The van der Waals surface area contributed by atoms with Crippen molar-refractivity contribution in [2.75, 3.05) is 13.2 Å². The summed E-state index contributed by atoms with van der Waals surface area (Å²) in [4.78, 5) is 0. The molecule has 1 atom stereocenters. The van der Waals surface area contributed by atoms with Crippen molar-refractivity contribution in [3.05, 3.63) is 46.6 Å². The highest BCUT2D eigenvalue weighted by Crippen LogP contribution is 2.16. The number of halogens is 1. The zero-order valence-electron chi connectivity index (χ0n) is 11.9. The second-order valence-corrected chi connectivity index (χ2v) is 5.12. The Balaban J connectivity index is 1.77. The molecule has 2 aromatic rings. The van der Waals surface area contributed by atoms with E-state index >= 15 is 0 Å². The van der Waals surface area contributed by atoms with Crippen LogP contribution < -0.4 is 9.47 Å². The molecule has 2 rings (SSSR count). The van der Waals surface area contributed by atoms with Crippen molar-refractivity contribution >= 4 is 11.6 Å². The average Bonchev–Trinajstić information content (AvgIpc) is 2.48. The molecule has 5 nitrogen and oxygen atoms in total. The SMILES string of the molecule is Cc1cc(OC[C@@H](O)COc2ccc(Cl)cc2)nnc1C. The molecule has 0 aliphatic heterocycles. The third kappa shape index (κ3) is 4.88. The highest BCUT2D eigenvalue weighted by molar-refractivity contribution is 6.30. The molecule has 112 valence electrons. The third-order valence-corrected chi connectivity index (χ3v) is 3.14. The van der Waals surface area contributed by atoms with Gasteiger partial charge in [-0.3, -0.25) is 0 Å². The summed E-state index contributed by atoms with van der Waals surface area (Å²) in [5.41, 5.74) is 1.85. The molecule has 1 aromatic heterocycles. The first-order valence-electron chi connectivity index (χ1n) is 6.55. The lowest BCUT2D eigenvalue weighted by molar-refractivity contribution is 0.0606. The minimum Gasteiger partial charge on any atom is -0.491 e. The summed E-state index contributed by atoms with van der Waals surface area (Å²) in [6, 6.07) is 8.72. The average molecular weight is 309 g/mol. The van der Waals surface area contributed by atoms with Gasteiger partial charge in [-0.2, -0.15) is 5.10 Å². The molecule has 0 unspecified atom stereocenters. The first-order valence-corrected chi connectivity index (χ1v) is 6.92. The standard InChI is InChI=1S/C15H17ClN2O3/c1-10-7-15(18-17-11(10)2)21-9-13(19)8-20-14-5-3-12(16)4-6-14/h3-7,13,19H,8-9H2,1-2H3/t13-/m0/s1. The van der Waals surface area contributed by atoms with Crippen LogP contribution in [-0.2, 0) is 0 Å². The molecule has 0 aliphatic rings. The number of aromatic nitrogens is 2. The van der Waals surface area contributed by atoms with Gasteiger partial charge in [-0.25, -0.2) is 0 Å². The first-order chi connectivity index (χ1) is 10.0. The smallest absolute Gasteiger partial charge is 0.233 e. The Labute approximate surface area is 128 Å². The van der Waals surface area contributed by atoms with E-state index < -0.39 is 6.10 Å². The summed E-state index contributed by atoms with van der Waals surface area (Å²) in [6.45, 7) is 4.02. The van der Waals surface area contributed by atoms with Gasteiger partial charge < -0.3 is 14.6 Å². The molecule has 1 N–H and O–H groups in total. The highest BCUT2D eigenvalue weighted by atomic mass is 35.5. The largest absolute Gasteiger partial charge is 0.491 e. The normalized spacial score (nSPS) is 12.0. The van der Waals surface area contributed by atoms with Crippen LogP contribution in [0.2, 0.25) is 5.02 Å². The number of nitrogens with zero attached hydrogens (tertiary/aromatic N) is 2. The van der Waals surface area contributed by atoms with E-state index in [1.165, 1.54) is 0 Å². The number of benzene rings is 1. The van der Waals surface area contributed by atoms with Crippen molar-refractivity contribution in [1.82, 2.24) is 10.2 Å². The van der Waals surface area contributed by atoms with Gasteiger partial charge in [0.1, 0.15) is 25.1 Å². The molecule has 1 heterocycles. The maximum Gasteiger partial charge on any atom is 0.233 e. The number of ether oxygens (including phenoxy) is 2. The fraction of sp³-hybridized carbons (Fsp3) is 0.333. The van der Waals surface area contributed by atoms with E-state index in [4.69, 9.17) is 21.1 Å². The highest BCUT2D eigenvalue weighted by Gasteiger charge is 2.08. The second-order valence-electron chi connectivity index (χ2n) is 4.68. The summed E-state index contributed by atoms with van der Waals surface area (Å²) in [5, 5.41) is 18.3. The number of aryl methyl sites for hydroxylation is 2. The van der Waals surface area contributed by atoms with Crippen LogP contribution in [0.5, 0.6) is 11.6 Å². The summed E-state index contributed by atoms with van der Waals surface area (Å²) >= 11 is 5.78. The molecule has 1 aromatic carbocycles. The van der Waals surface area contributed by atoms with E-state index in [2.05, 4.69) is 10.2 Å². The molecule has 0 amide bonds. The molecular weight excluding hydrogens is 292 g/mol. The molecule has 0 spiro atoms. The zero-order chi connectivity index (χ0) is 15.2. The van der Waals surface area contributed by atoms with E-state index in [1.807, 2.05) is 13.8 Å². The van der Waals surface area contributed by atoms with Gasteiger partial charge in [0.2, 0.25) is 5.88 Å². The van der Waals surface area contributed by atoms with Gasteiger partial charge in [0.25, 0.3) is 0 Å². The Morgan fingerprint density at radius 1 is 1.10 bits per heavy atom. The van der Waals surface area contributed by atoms with E-state index in [-0.39, 0.29) is 13.2 Å². The Kier molecular flexibility index (Phi) is 5.36. The van der Waals surface area contributed by atoms with E-state index in [1.54, 1.807) is 30.3 Å². The number of hydrogen-bond donors (Lipinski definition) is 1. The van der Waals surface area contributed by atoms with Crippen LogP contribution >= 0.6 is 11.6 Å². The van der Waals surface area contributed by atoms with E-state index in [9.17, 15) is 5.11 Å². The Hall–Kier alpha value is -1.85. The topological polar surface area (TPSA) is 64.5 Å². The summed E-state index contributed by atoms with van der Waals surface area (Å²) < 4.78 is 10.8. The van der Waals surface area contributed by atoms with Crippen molar-refractivity contribution in [2.24, 2.45) is 0 Å². The van der Waals surface area contributed by atoms with E-state index in [0.717, 1.165) is 11.3 Å². The number of aliphatic hydroxyl groups excluding tert-OH is 1. The quantitative estimate of drug-likeness (QED) is 0.888. The van der Waals surface area contributed by atoms with Gasteiger partial charge in [0, 0.05) is 11.1 Å². The van der Waals surface area contributed by atoms with Gasteiger partial charge in [-0.05, 0) is 43.7 Å². The molecule has 6 heteroatoms. The summed E-state index contributed by atoms with van der Waals surface area (Å²) in [6.07, 6.45) is -0.760. The number of rotatable bonds is 6. The second kappa shape index (κ2) is 7.24. The van der Waals surface area contributed by atoms with Crippen molar-refractivity contribution < 1.29 is 14.6 Å². The van der Waals surface area contributed by atoms with Crippen LogP contribution in [0, 0.1) is 13.8 Å². The predicted octanol–water partition coefficient (Wildman–Crippen LogP) is 2.57. The minimum absolute atomic E-state index is 0.0881. The number of hydrogen-bond acceptors (Lipinski definition) is 5. The van der Waals surface area contributed by atoms with Crippen LogP contribution in [0.4, 0.5) is 0 Å². The number of aliphatic hydroxyl groups is 1.